The maximum Gasteiger partial charge on any atom is 0.147 e. The van der Waals surface area contributed by atoms with Crippen molar-refractivity contribution in [2.45, 2.75) is 19.4 Å². The Bertz CT molecular complexity index is 944. The van der Waals surface area contributed by atoms with Crippen LogP contribution in [0.15, 0.2) is 59.5 Å². The summed E-state index contributed by atoms with van der Waals surface area (Å²) in [5.41, 5.74) is 3.08. The summed E-state index contributed by atoms with van der Waals surface area (Å²) in [6, 6.07) is 14.9. The van der Waals surface area contributed by atoms with Crippen molar-refractivity contribution < 1.29 is 4.39 Å². The predicted molar refractivity (Wildman–Crippen MR) is 108 cm³/mol. The molecule has 2 aromatic carbocycles. The number of halogens is 2. The lowest BCUT2D eigenvalue weighted by Gasteiger charge is -2.25. The van der Waals surface area contributed by atoms with E-state index >= 15 is 0 Å². The average Bonchev–Trinajstić information content (AvgIpc) is 3.07. The van der Waals surface area contributed by atoms with Crippen LogP contribution in [0.25, 0.3) is 0 Å². The van der Waals surface area contributed by atoms with Crippen LogP contribution in [0.4, 0.5) is 10.1 Å². The molecule has 0 aliphatic heterocycles. The lowest BCUT2D eigenvalue weighted by Crippen LogP contribution is -2.26. The molecule has 1 heterocycles. The van der Waals surface area contributed by atoms with Gasteiger partial charge in [-0.15, -0.1) is 0 Å². The highest BCUT2D eigenvalue weighted by molar-refractivity contribution is 9.10. The van der Waals surface area contributed by atoms with Gasteiger partial charge in [0.25, 0.3) is 0 Å². The first kappa shape index (κ1) is 19.1. The van der Waals surface area contributed by atoms with Crippen molar-refractivity contribution >= 4 is 21.6 Å². The maximum absolute atomic E-state index is 14.6. The first-order valence-electron chi connectivity index (χ1n) is 8.71. The maximum atomic E-state index is 14.6. The summed E-state index contributed by atoms with van der Waals surface area (Å²) in [5.74, 6) is -0.375. The van der Waals surface area contributed by atoms with E-state index in [9.17, 15) is 4.39 Å². The van der Waals surface area contributed by atoms with Crippen LogP contribution < -0.4 is 4.90 Å². The summed E-state index contributed by atoms with van der Waals surface area (Å²) in [6.07, 6.45) is 5.33. The molecule has 0 atom stereocenters. The second kappa shape index (κ2) is 8.83. The van der Waals surface area contributed by atoms with Crippen molar-refractivity contribution in [3.63, 3.8) is 0 Å². The molecule has 0 spiro atoms. The summed E-state index contributed by atoms with van der Waals surface area (Å²) in [5, 5.41) is 8.98. The highest BCUT2D eigenvalue weighted by Crippen LogP contribution is 2.23. The van der Waals surface area contributed by atoms with Crippen LogP contribution in [0.3, 0.4) is 0 Å². The third-order valence-corrected chi connectivity index (χ3v) is 5.02. The summed E-state index contributed by atoms with van der Waals surface area (Å²) >= 11 is 3.45. The molecular formula is C21H20BrFN4. The number of benzene rings is 2. The lowest BCUT2D eigenvalue weighted by molar-refractivity contribution is 0.607. The quantitative estimate of drug-likeness (QED) is 0.543. The van der Waals surface area contributed by atoms with Crippen molar-refractivity contribution in [3.8, 4) is 6.07 Å². The van der Waals surface area contributed by atoms with Crippen molar-refractivity contribution in [1.82, 2.24) is 9.55 Å². The zero-order valence-electron chi connectivity index (χ0n) is 15.1. The van der Waals surface area contributed by atoms with E-state index in [1.54, 1.807) is 24.7 Å². The molecular weight excluding hydrogens is 407 g/mol. The number of aryl methyl sites for hydroxylation is 2. The first-order valence-corrected chi connectivity index (χ1v) is 9.50. The second-order valence-electron chi connectivity index (χ2n) is 6.43. The fraction of sp³-hybridized carbons (Fsp3) is 0.238. The minimum Gasteiger partial charge on any atom is -0.363 e. The molecule has 0 aliphatic carbocycles. The molecule has 138 valence electrons. The minimum atomic E-state index is -0.375. The topological polar surface area (TPSA) is 44.9 Å². The van der Waals surface area contributed by atoms with Crippen LogP contribution >= 0.6 is 15.9 Å². The van der Waals surface area contributed by atoms with Gasteiger partial charge in [0.1, 0.15) is 5.82 Å². The Balaban J connectivity index is 1.76. The number of imidazole rings is 1. The van der Waals surface area contributed by atoms with Crippen LogP contribution in [0, 0.1) is 17.1 Å². The molecule has 0 N–H and O–H groups in total. The van der Waals surface area contributed by atoms with Crippen molar-refractivity contribution in [1.29, 1.82) is 5.26 Å². The molecule has 4 nitrogen and oxygen atoms in total. The van der Waals surface area contributed by atoms with E-state index in [0.717, 1.165) is 23.0 Å². The normalized spacial score (nSPS) is 10.6. The Kier molecular flexibility index (Phi) is 6.25. The zero-order chi connectivity index (χ0) is 19.2. The van der Waals surface area contributed by atoms with E-state index < -0.39 is 0 Å². The fourth-order valence-corrected chi connectivity index (χ4v) is 3.24. The van der Waals surface area contributed by atoms with Gasteiger partial charge in [0, 0.05) is 24.3 Å². The monoisotopic (exact) mass is 426 g/mol. The van der Waals surface area contributed by atoms with Crippen LogP contribution in [0.1, 0.15) is 23.2 Å². The van der Waals surface area contributed by atoms with Gasteiger partial charge in [0.05, 0.1) is 35.9 Å². The molecule has 0 saturated heterocycles. The van der Waals surface area contributed by atoms with E-state index in [-0.39, 0.29) is 5.82 Å². The molecule has 6 heteroatoms. The number of hydrogen-bond acceptors (Lipinski definition) is 3. The summed E-state index contributed by atoms with van der Waals surface area (Å²) < 4.78 is 17.6. The van der Waals surface area contributed by atoms with Gasteiger partial charge in [0.2, 0.25) is 0 Å². The molecule has 3 aromatic rings. The summed E-state index contributed by atoms with van der Waals surface area (Å²) in [4.78, 5) is 6.16. The molecule has 27 heavy (non-hydrogen) atoms. The van der Waals surface area contributed by atoms with Crippen molar-refractivity contribution in [2.75, 3.05) is 11.4 Å². The van der Waals surface area contributed by atoms with Gasteiger partial charge in [-0.05, 0) is 48.7 Å². The molecule has 0 bridgehead atoms. The SMILES string of the molecule is Cn1cncc1CN(CCCc1ccc(Br)cc1)c1ccc(C#N)cc1F. The number of hydrogen-bond donors (Lipinski definition) is 0. The third kappa shape index (κ3) is 4.95. The van der Waals surface area contributed by atoms with E-state index in [1.807, 2.05) is 34.7 Å². The fourth-order valence-electron chi connectivity index (χ4n) is 2.98. The van der Waals surface area contributed by atoms with Crippen LogP contribution in [-0.2, 0) is 20.0 Å². The standard InChI is InChI=1S/C21H20BrFN4/c1-26-15-25-13-19(26)14-27(21-9-6-17(12-24)11-20(21)23)10-2-3-16-4-7-18(22)8-5-16/h4-9,11,13,15H,2-3,10,14H2,1H3. The van der Waals surface area contributed by atoms with Gasteiger partial charge in [-0.2, -0.15) is 5.26 Å². The van der Waals surface area contributed by atoms with E-state index in [4.69, 9.17) is 5.26 Å². The summed E-state index contributed by atoms with van der Waals surface area (Å²) in [6.45, 7) is 1.25. The van der Waals surface area contributed by atoms with Crippen LogP contribution in [-0.4, -0.2) is 16.1 Å². The number of aromatic nitrogens is 2. The zero-order valence-corrected chi connectivity index (χ0v) is 16.7. The number of anilines is 1. The highest BCUT2D eigenvalue weighted by atomic mass is 79.9. The first-order chi connectivity index (χ1) is 13.1. The predicted octanol–water partition coefficient (Wildman–Crippen LogP) is 4.83. The highest BCUT2D eigenvalue weighted by Gasteiger charge is 2.14. The van der Waals surface area contributed by atoms with E-state index in [0.29, 0.717) is 24.3 Å². The Morgan fingerprint density at radius 2 is 2.00 bits per heavy atom. The Morgan fingerprint density at radius 1 is 1.22 bits per heavy atom. The minimum absolute atomic E-state index is 0.326. The largest absolute Gasteiger partial charge is 0.363 e. The Morgan fingerprint density at radius 3 is 2.63 bits per heavy atom. The van der Waals surface area contributed by atoms with Crippen LogP contribution in [0.2, 0.25) is 0 Å². The molecule has 0 amide bonds. The number of nitriles is 1. The number of nitrogens with zero attached hydrogens (tertiary/aromatic N) is 4. The average molecular weight is 427 g/mol. The smallest absolute Gasteiger partial charge is 0.147 e. The van der Waals surface area contributed by atoms with E-state index in [2.05, 4.69) is 33.0 Å². The molecule has 3 rings (SSSR count). The molecule has 1 aromatic heterocycles. The third-order valence-electron chi connectivity index (χ3n) is 4.49. The van der Waals surface area contributed by atoms with Crippen LogP contribution in [0.5, 0.6) is 0 Å². The van der Waals surface area contributed by atoms with E-state index in [1.165, 1.54) is 11.6 Å². The van der Waals surface area contributed by atoms with Gasteiger partial charge in [-0.3, -0.25) is 0 Å². The van der Waals surface area contributed by atoms with Gasteiger partial charge < -0.3 is 9.47 Å². The molecule has 0 unspecified atom stereocenters. The molecule has 0 saturated carbocycles. The van der Waals surface area contributed by atoms with Crippen molar-refractivity contribution in [3.05, 3.63) is 82.1 Å². The van der Waals surface area contributed by atoms with Gasteiger partial charge in [0.15, 0.2) is 0 Å². The van der Waals surface area contributed by atoms with Gasteiger partial charge in [-0.25, -0.2) is 9.37 Å². The molecule has 0 fully saturated rings. The Labute approximate surface area is 167 Å². The molecule has 0 radical (unpaired) electrons. The Hall–Kier alpha value is -2.65. The molecule has 0 aliphatic rings. The lowest BCUT2D eigenvalue weighted by atomic mass is 10.1. The van der Waals surface area contributed by atoms with Gasteiger partial charge in [-0.1, -0.05) is 28.1 Å². The van der Waals surface area contributed by atoms with Gasteiger partial charge >= 0.3 is 0 Å². The van der Waals surface area contributed by atoms with Crippen molar-refractivity contribution in [2.24, 2.45) is 7.05 Å². The number of rotatable bonds is 7. The second-order valence-corrected chi connectivity index (χ2v) is 7.34. The summed E-state index contributed by atoms with van der Waals surface area (Å²) in [7, 11) is 1.93.